The molecule has 476 valence electrons. The van der Waals surface area contributed by atoms with Crippen LogP contribution in [0.1, 0.15) is 58.1 Å². The second kappa shape index (κ2) is 30.1. The van der Waals surface area contributed by atoms with Crippen LogP contribution in [-0.4, -0.2) is 181 Å². The maximum Gasteiger partial charge on any atom is 0.411 e. The van der Waals surface area contributed by atoms with Crippen LogP contribution in [-0.2, 0) is 75.5 Å². The summed E-state index contributed by atoms with van der Waals surface area (Å²) in [6.45, 7) is 9.93. The van der Waals surface area contributed by atoms with Gasteiger partial charge in [0.1, 0.15) is 18.3 Å². The van der Waals surface area contributed by atoms with Crippen molar-refractivity contribution >= 4 is 49.7 Å². The summed E-state index contributed by atoms with van der Waals surface area (Å²) in [5, 5.41) is 30.4. The van der Waals surface area contributed by atoms with Crippen molar-refractivity contribution in [2.24, 2.45) is 35.3 Å². The van der Waals surface area contributed by atoms with Crippen LogP contribution in [0.5, 0.6) is 0 Å². The SMILES string of the molecule is CC(C)CN(C[C@@H](O)[C@@H](N)Cc1ccccc1)S(=O)(=O)c1ccc(NC(=O)O[C@@H]2CO[C@@H]3OCC[C@@H]32)cc1.CC(C)CN(C[C@@H](O)[C@H](Cc1ccccc1)NC(=O)O[C@H]1CO[C@H]2OCC[C@H]21)S(=O)(=O)c1ccc(NC(=O)O[C@@H]2CO[C@@H]3OCC[C@@H]32)cc1. The van der Waals surface area contributed by atoms with E-state index in [2.05, 4.69) is 16.0 Å². The summed E-state index contributed by atoms with van der Waals surface area (Å²) < 4.78 is 107. The number of fused-ring (bicyclic) bond motifs is 3. The summed E-state index contributed by atoms with van der Waals surface area (Å²) in [6.07, 6.45) is -3.83. The number of carbonyl (C=O) groups is 3. The third kappa shape index (κ3) is 17.5. The molecule has 13 atom stereocenters. The second-order valence-corrected chi connectivity index (χ2v) is 27.4. The Morgan fingerprint density at radius 3 is 1.28 bits per heavy atom. The number of nitrogens with one attached hydrogen (secondary N) is 3. The fraction of sp³-hybridized carbons (Fsp3) is 0.557. The molecule has 6 aliphatic rings. The van der Waals surface area contributed by atoms with Gasteiger partial charge in [-0.05, 0) is 104 Å². The topological polar surface area (TPSA) is 312 Å². The molecule has 10 rings (SSSR count). The van der Waals surface area contributed by atoms with Gasteiger partial charge in [0, 0.05) is 43.6 Å². The van der Waals surface area contributed by atoms with Crippen LogP contribution < -0.4 is 21.7 Å². The molecule has 0 saturated carbocycles. The number of rotatable bonds is 24. The maximum absolute atomic E-state index is 14.0. The first kappa shape index (κ1) is 65.6. The van der Waals surface area contributed by atoms with Crippen molar-refractivity contribution in [1.29, 1.82) is 0 Å². The van der Waals surface area contributed by atoms with E-state index in [0.29, 0.717) is 44.0 Å². The summed E-state index contributed by atoms with van der Waals surface area (Å²) in [7, 11) is -8.03. The minimum Gasteiger partial charge on any atom is -0.443 e. The Balaban J connectivity index is 0.000000214. The molecule has 0 aromatic heterocycles. The highest BCUT2D eigenvalue weighted by Gasteiger charge is 2.46. The lowest BCUT2D eigenvalue weighted by Crippen LogP contribution is -2.51. The summed E-state index contributed by atoms with van der Waals surface area (Å²) in [5.74, 6) is -0.0837. The van der Waals surface area contributed by atoms with Crippen molar-refractivity contribution in [3.8, 4) is 0 Å². The number of aliphatic hydroxyl groups is 2. The Morgan fingerprint density at radius 2 is 0.885 bits per heavy atom. The van der Waals surface area contributed by atoms with Gasteiger partial charge in [-0.15, -0.1) is 0 Å². The molecule has 24 nitrogen and oxygen atoms in total. The molecule has 6 aliphatic heterocycles. The number of ether oxygens (including phenoxy) is 9. The van der Waals surface area contributed by atoms with Crippen LogP contribution in [0.4, 0.5) is 25.8 Å². The number of hydrogen-bond acceptors (Lipinski definition) is 19. The van der Waals surface area contributed by atoms with Gasteiger partial charge in [-0.2, -0.15) is 8.61 Å². The Hall–Kier alpha value is -5.85. The Morgan fingerprint density at radius 1 is 0.517 bits per heavy atom. The number of nitrogens with two attached hydrogens (primary N) is 1. The molecule has 4 aromatic rings. The van der Waals surface area contributed by atoms with E-state index in [0.717, 1.165) is 24.0 Å². The first-order valence-electron chi connectivity index (χ1n) is 29.7. The average molecular weight is 1250 g/mol. The molecule has 6 fully saturated rings. The molecule has 7 N–H and O–H groups in total. The lowest BCUT2D eigenvalue weighted by atomic mass is 10.0. The molecule has 6 heterocycles. The van der Waals surface area contributed by atoms with Gasteiger partial charge in [-0.25, -0.2) is 31.2 Å². The van der Waals surface area contributed by atoms with E-state index in [1.54, 1.807) is 0 Å². The molecule has 87 heavy (non-hydrogen) atoms. The quantitative estimate of drug-likeness (QED) is 0.0460. The number of hydrogen-bond donors (Lipinski definition) is 6. The molecule has 4 aromatic carbocycles. The highest BCUT2D eigenvalue weighted by atomic mass is 32.2. The van der Waals surface area contributed by atoms with Crippen LogP contribution in [0, 0.1) is 29.6 Å². The van der Waals surface area contributed by atoms with Crippen molar-refractivity contribution in [2.75, 3.05) is 76.5 Å². The van der Waals surface area contributed by atoms with E-state index in [1.807, 2.05) is 88.4 Å². The molecular weight excluding hydrogens is 1170 g/mol. The van der Waals surface area contributed by atoms with Crippen LogP contribution in [0.3, 0.4) is 0 Å². The van der Waals surface area contributed by atoms with Gasteiger partial charge < -0.3 is 63.9 Å². The van der Waals surface area contributed by atoms with Gasteiger partial charge in [-0.3, -0.25) is 10.6 Å². The van der Waals surface area contributed by atoms with E-state index < -0.39 is 74.8 Å². The maximum atomic E-state index is 14.0. The second-order valence-electron chi connectivity index (χ2n) is 23.6. The van der Waals surface area contributed by atoms with Crippen molar-refractivity contribution in [3.05, 3.63) is 120 Å². The number of benzene rings is 4. The molecule has 0 aliphatic carbocycles. The zero-order chi connectivity index (χ0) is 61.8. The third-order valence-corrected chi connectivity index (χ3v) is 19.7. The predicted octanol–water partition coefficient (Wildman–Crippen LogP) is 5.68. The average Bonchev–Trinajstić information content (AvgIpc) is 2.33. The largest absolute Gasteiger partial charge is 0.443 e. The molecule has 26 heteroatoms. The summed E-state index contributed by atoms with van der Waals surface area (Å²) in [6, 6.07) is 28.9. The molecule has 0 unspecified atom stereocenters. The van der Waals surface area contributed by atoms with Crippen molar-refractivity contribution in [1.82, 2.24) is 13.9 Å². The van der Waals surface area contributed by atoms with E-state index >= 15 is 0 Å². The normalized spacial score (nSPS) is 25.4. The number of anilines is 2. The van der Waals surface area contributed by atoms with Crippen molar-refractivity contribution in [3.63, 3.8) is 0 Å². The zero-order valence-electron chi connectivity index (χ0n) is 49.4. The number of nitrogens with zero attached hydrogens (tertiary/aromatic N) is 2. The Labute approximate surface area is 508 Å². The van der Waals surface area contributed by atoms with E-state index in [1.165, 1.54) is 57.1 Å². The molecule has 0 spiro atoms. The number of aliphatic hydroxyl groups excluding tert-OH is 2. The minimum absolute atomic E-state index is 0.00891. The number of alkyl carbamates (subject to hydrolysis) is 1. The number of amides is 3. The van der Waals surface area contributed by atoms with Gasteiger partial charge in [0.25, 0.3) is 0 Å². The van der Waals surface area contributed by atoms with E-state index in [9.17, 15) is 41.4 Å². The highest BCUT2D eigenvalue weighted by molar-refractivity contribution is 7.89. The molecule has 0 radical (unpaired) electrons. The minimum atomic E-state index is -4.10. The Kier molecular flexibility index (Phi) is 22.7. The van der Waals surface area contributed by atoms with Crippen molar-refractivity contribution < 1.29 is 84.1 Å². The lowest BCUT2D eigenvalue weighted by Gasteiger charge is -2.31. The van der Waals surface area contributed by atoms with Crippen molar-refractivity contribution in [2.45, 2.75) is 131 Å². The molecule has 0 bridgehead atoms. The highest BCUT2D eigenvalue weighted by Crippen LogP contribution is 2.36. The first-order valence-corrected chi connectivity index (χ1v) is 32.6. The van der Waals surface area contributed by atoms with Gasteiger partial charge >= 0.3 is 18.3 Å². The van der Waals surface area contributed by atoms with Crippen LogP contribution in [0.15, 0.2) is 119 Å². The fourth-order valence-corrected chi connectivity index (χ4v) is 14.7. The first-order chi connectivity index (χ1) is 41.7. The van der Waals surface area contributed by atoms with Gasteiger partial charge in [0.15, 0.2) is 18.9 Å². The zero-order valence-corrected chi connectivity index (χ0v) is 51.0. The summed E-state index contributed by atoms with van der Waals surface area (Å²) in [4.78, 5) is 38.1. The van der Waals surface area contributed by atoms with Crippen LogP contribution in [0.25, 0.3) is 0 Å². The van der Waals surface area contributed by atoms with E-state index in [4.69, 9.17) is 48.4 Å². The summed E-state index contributed by atoms with van der Waals surface area (Å²) >= 11 is 0. The van der Waals surface area contributed by atoms with Gasteiger partial charge in [0.2, 0.25) is 20.0 Å². The lowest BCUT2D eigenvalue weighted by molar-refractivity contribution is -0.0909. The number of sulfonamides is 2. The summed E-state index contributed by atoms with van der Waals surface area (Å²) in [5.41, 5.74) is 8.79. The Bertz CT molecular complexity index is 3100. The molecular formula is C61H82N6O18S2. The van der Waals surface area contributed by atoms with Gasteiger partial charge in [0.05, 0.1) is 85.4 Å². The third-order valence-electron chi connectivity index (χ3n) is 16.0. The standard InChI is InChI=1S/C34H45N3O11S.C27H37N3O7S/c1-21(2)17-37(49(41,42)24-10-8-23(9-11-24)35-33(39)47-29-19-45-31-25(29)12-14-43-31)18-28(38)27(16-22-6-4-3-5-7-22)36-34(40)48-30-20-46-32-26(30)13-15-44-32;1-18(2)15-30(16-24(31)23(28)14-19-6-4-3-5-7-19)38(33,34)21-10-8-20(9-11-21)29-27(32)37-25-17-36-26-22(25)12-13-35-26/h3-11,21,25-32,38H,12-20H2,1-2H3,(H,35,39)(H,36,40);3-11,18,22-26,31H,12-17,28H2,1-2H3,(H,29,32)/t25-,26+,27+,28-,29-,30+,31+,32-;22-,23+,24-,25-,26+/m11/s1. The smallest absolute Gasteiger partial charge is 0.411 e. The molecule has 3 amide bonds. The fourth-order valence-electron chi connectivity index (χ4n) is 11.5. The molecule has 6 saturated heterocycles. The van der Waals surface area contributed by atoms with Crippen LogP contribution in [0.2, 0.25) is 0 Å². The van der Waals surface area contributed by atoms with E-state index in [-0.39, 0.29) is 117 Å². The van der Waals surface area contributed by atoms with Gasteiger partial charge in [-0.1, -0.05) is 88.4 Å². The predicted molar refractivity (Wildman–Crippen MR) is 317 cm³/mol. The monoisotopic (exact) mass is 1250 g/mol. The van der Waals surface area contributed by atoms with Crippen LogP contribution >= 0.6 is 0 Å². The number of carbonyl (C=O) groups excluding carboxylic acids is 3.